The first-order chi connectivity index (χ1) is 3.83. The predicted molar refractivity (Wildman–Crippen MR) is 30.6 cm³/mol. The highest BCUT2D eigenvalue weighted by atomic mass is 32.1. The summed E-state index contributed by atoms with van der Waals surface area (Å²) in [5, 5.41) is 0. The van der Waals surface area contributed by atoms with Crippen LogP contribution in [0.25, 0.3) is 0 Å². The number of nitrogens with one attached hydrogen (secondary N) is 1. The highest BCUT2D eigenvalue weighted by molar-refractivity contribution is 7.02. The van der Waals surface area contributed by atoms with Gasteiger partial charge < -0.3 is 5.73 Å². The number of nitrogens with zero attached hydrogens (tertiary/aromatic N) is 1. The van der Waals surface area contributed by atoms with Crippen LogP contribution in [0.4, 0.5) is 0 Å². The molecule has 1 aromatic heterocycles. The van der Waals surface area contributed by atoms with Crippen molar-refractivity contribution in [2.24, 2.45) is 5.73 Å². The van der Waals surface area contributed by atoms with Crippen LogP contribution < -0.4 is 10.6 Å². The van der Waals surface area contributed by atoms with Crippen LogP contribution in [0, 0.1) is 0 Å². The summed E-state index contributed by atoms with van der Waals surface area (Å²) in [6, 6.07) is 0. The van der Waals surface area contributed by atoms with E-state index in [9.17, 15) is 4.79 Å². The minimum atomic E-state index is -0.148. The van der Waals surface area contributed by atoms with E-state index < -0.39 is 0 Å². The van der Waals surface area contributed by atoms with Crippen LogP contribution in [0.1, 0.15) is 5.82 Å². The molecule has 1 rings (SSSR count). The topological polar surface area (TPSA) is 71.8 Å². The van der Waals surface area contributed by atoms with Gasteiger partial charge in [-0.3, -0.25) is 9.78 Å². The fraction of sp³-hybridized carbons (Fsp3) is 0.333. The molecule has 44 valence electrons. The SMILES string of the molecule is NCc1nsc(=O)[nH]1. The van der Waals surface area contributed by atoms with Crippen molar-refractivity contribution in [2.45, 2.75) is 6.54 Å². The van der Waals surface area contributed by atoms with Crippen molar-refractivity contribution in [3.8, 4) is 0 Å². The Kier molecular flexibility index (Phi) is 1.40. The highest BCUT2D eigenvalue weighted by Crippen LogP contribution is 1.82. The molecule has 0 aliphatic heterocycles. The van der Waals surface area contributed by atoms with Gasteiger partial charge in [0.1, 0.15) is 5.82 Å². The number of rotatable bonds is 1. The second-order valence-electron chi connectivity index (χ2n) is 1.25. The summed E-state index contributed by atoms with van der Waals surface area (Å²) in [6.45, 7) is 0.304. The normalized spacial score (nSPS) is 9.62. The molecule has 0 amide bonds. The van der Waals surface area contributed by atoms with Crippen LogP contribution in [0.2, 0.25) is 0 Å². The van der Waals surface area contributed by atoms with Crippen molar-refractivity contribution in [3.63, 3.8) is 0 Å². The first-order valence-electron chi connectivity index (χ1n) is 2.08. The molecule has 4 nitrogen and oxygen atoms in total. The van der Waals surface area contributed by atoms with Gasteiger partial charge in [0.15, 0.2) is 0 Å². The van der Waals surface area contributed by atoms with Gasteiger partial charge in [0.25, 0.3) is 0 Å². The molecule has 0 unspecified atom stereocenters. The van der Waals surface area contributed by atoms with Crippen LogP contribution in [-0.4, -0.2) is 9.36 Å². The van der Waals surface area contributed by atoms with Crippen molar-refractivity contribution in [1.29, 1.82) is 0 Å². The highest BCUT2D eigenvalue weighted by Gasteiger charge is 1.91. The molecule has 1 heterocycles. The van der Waals surface area contributed by atoms with Gasteiger partial charge in [0.2, 0.25) is 0 Å². The standard InChI is InChI=1S/C3H5N3OS/c4-1-2-5-3(7)8-6-2/h1,4H2,(H,5,6,7). The van der Waals surface area contributed by atoms with Gasteiger partial charge in [-0.05, 0) is 0 Å². The maximum Gasteiger partial charge on any atom is 0.323 e. The van der Waals surface area contributed by atoms with Gasteiger partial charge in [-0.25, -0.2) is 0 Å². The summed E-state index contributed by atoms with van der Waals surface area (Å²) in [7, 11) is 0. The number of hydrogen-bond donors (Lipinski definition) is 2. The van der Waals surface area contributed by atoms with E-state index in [-0.39, 0.29) is 4.87 Å². The van der Waals surface area contributed by atoms with E-state index in [1.54, 1.807) is 0 Å². The molecule has 3 N–H and O–H groups in total. The lowest BCUT2D eigenvalue weighted by molar-refractivity contribution is 0.950. The first-order valence-corrected chi connectivity index (χ1v) is 2.85. The Bertz CT molecular complexity index is 214. The van der Waals surface area contributed by atoms with Crippen molar-refractivity contribution in [3.05, 3.63) is 15.5 Å². The minimum Gasteiger partial charge on any atom is -0.324 e. The van der Waals surface area contributed by atoms with Gasteiger partial charge in [0, 0.05) is 11.5 Å². The number of aromatic nitrogens is 2. The van der Waals surface area contributed by atoms with Crippen molar-refractivity contribution >= 4 is 11.5 Å². The third-order valence-electron chi connectivity index (χ3n) is 0.678. The monoisotopic (exact) mass is 131 g/mol. The predicted octanol–water partition coefficient (Wildman–Crippen LogP) is -0.710. The van der Waals surface area contributed by atoms with Crippen LogP contribution in [-0.2, 0) is 6.54 Å². The quantitative estimate of drug-likeness (QED) is 0.529. The van der Waals surface area contributed by atoms with E-state index in [1.807, 2.05) is 0 Å². The summed E-state index contributed by atoms with van der Waals surface area (Å²) in [6.07, 6.45) is 0. The molecule has 0 saturated carbocycles. The van der Waals surface area contributed by atoms with Crippen molar-refractivity contribution in [2.75, 3.05) is 0 Å². The maximum absolute atomic E-state index is 10.3. The molecule has 0 aromatic carbocycles. The number of aromatic amines is 1. The lowest BCUT2D eigenvalue weighted by Crippen LogP contribution is -2.01. The zero-order chi connectivity index (χ0) is 5.98. The summed E-state index contributed by atoms with van der Waals surface area (Å²) in [5.41, 5.74) is 5.14. The average molecular weight is 131 g/mol. The zero-order valence-corrected chi connectivity index (χ0v) is 4.86. The second kappa shape index (κ2) is 2.06. The van der Waals surface area contributed by atoms with Crippen molar-refractivity contribution in [1.82, 2.24) is 9.36 Å². The fourth-order valence-corrected chi connectivity index (χ4v) is 0.825. The first kappa shape index (κ1) is 5.46. The average Bonchev–Trinajstić information content (AvgIpc) is 2.14. The third kappa shape index (κ3) is 0.932. The molecule has 0 saturated heterocycles. The Balaban J connectivity index is 3.01. The Morgan fingerprint density at radius 3 is 2.88 bits per heavy atom. The lowest BCUT2D eigenvalue weighted by atomic mass is 10.6. The Hall–Kier alpha value is -0.680. The van der Waals surface area contributed by atoms with Gasteiger partial charge in [-0.2, -0.15) is 4.37 Å². The third-order valence-corrected chi connectivity index (χ3v) is 1.26. The minimum absolute atomic E-state index is 0.148. The molecule has 0 bridgehead atoms. The van der Waals surface area contributed by atoms with Crippen LogP contribution in [0.15, 0.2) is 4.79 Å². The summed E-state index contributed by atoms with van der Waals surface area (Å²) >= 11 is 0.888. The molecular weight excluding hydrogens is 126 g/mol. The number of nitrogens with two attached hydrogens (primary N) is 1. The molecule has 1 aromatic rings. The maximum atomic E-state index is 10.3. The molecule has 0 atom stereocenters. The number of hydrogen-bond acceptors (Lipinski definition) is 4. The molecule has 0 spiro atoms. The van der Waals surface area contributed by atoms with E-state index in [4.69, 9.17) is 5.73 Å². The van der Waals surface area contributed by atoms with Crippen LogP contribution in [0.5, 0.6) is 0 Å². The molecule has 0 aliphatic carbocycles. The molecule has 5 heteroatoms. The zero-order valence-electron chi connectivity index (χ0n) is 4.05. The molecule has 0 radical (unpaired) electrons. The van der Waals surface area contributed by atoms with E-state index in [2.05, 4.69) is 9.36 Å². The van der Waals surface area contributed by atoms with E-state index in [0.29, 0.717) is 12.4 Å². The number of H-pyrrole nitrogens is 1. The summed E-state index contributed by atoms with van der Waals surface area (Å²) in [4.78, 5) is 12.6. The Morgan fingerprint density at radius 1 is 1.88 bits per heavy atom. The molecule has 0 fully saturated rings. The van der Waals surface area contributed by atoms with E-state index in [1.165, 1.54) is 0 Å². The lowest BCUT2D eigenvalue weighted by Gasteiger charge is -1.78. The van der Waals surface area contributed by atoms with Gasteiger partial charge in [0.05, 0.1) is 6.54 Å². The fourth-order valence-electron chi connectivity index (χ4n) is 0.348. The summed E-state index contributed by atoms with van der Waals surface area (Å²) < 4.78 is 3.68. The Labute approximate surface area is 49.5 Å². The van der Waals surface area contributed by atoms with Crippen LogP contribution >= 0.6 is 11.5 Å². The molecular formula is C3H5N3OS. The van der Waals surface area contributed by atoms with E-state index >= 15 is 0 Å². The van der Waals surface area contributed by atoms with Gasteiger partial charge in [-0.1, -0.05) is 0 Å². The smallest absolute Gasteiger partial charge is 0.323 e. The largest absolute Gasteiger partial charge is 0.324 e. The van der Waals surface area contributed by atoms with Gasteiger partial charge in [-0.15, -0.1) is 0 Å². The molecule has 0 aliphatic rings. The van der Waals surface area contributed by atoms with E-state index in [0.717, 1.165) is 11.5 Å². The Morgan fingerprint density at radius 2 is 2.62 bits per heavy atom. The molecule has 8 heavy (non-hydrogen) atoms. The van der Waals surface area contributed by atoms with Gasteiger partial charge >= 0.3 is 4.87 Å². The summed E-state index contributed by atoms with van der Waals surface area (Å²) in [5.74, 6) is 0.556. The van der Waals surface area contributed by atoms with Crippen LogP contribution in [0.3, 0.4) is 0 Å². The van der Waals surface area contributed by atoms with Crippen molar-refractivity contribution < 1.29 is 0 Å². The second-order valence-corrected chi connectivity index (χ2v) is 1.98.